The summed E-state index contributed by atoms with van der Waals surface area (Å²) >= 11 is 0. The van der Waals surface area contributed by atoms with Gasteiger partial charge in [-0.1, -0.05) is 66.2 Å². The van der Waals surface area contributed by atoms with Crippen LogP contribution in [-0.2, 0) is 17.9 Å². The molecule has 2 atom stereocenters. The van der Waals surface area contributed by atoms with Crippen LogP contribution < -0.4 is 5.32 Å². The Kier molecular flexibility index (Phi) is 6.96. The number of hydrogen-bond acceptors (Lipinski definition) is 2. The number of carbonyl (C=O) groups excluding carboxylic acids is 1. The van der Waals surface area contributed by atoms with E-state index < -0.39 is 11.6 Å². The summed E-state index contributed by atoms with van der Waals surface area (Å²) < 4.78 is 27.0. The zero-order valence-electron chi connectivity index (χ0n) is 18.2. The molecule has 3 nitrogen and oxygen atoms in total. The van der Waals surface area contributed by atoms with Gasteiger partial charge in [0, 0.05) is 26.2 Å². The fraction of sp³-hybridized carbons (Fsp3) is 0.296. The van der Waals surface area contributed by atoms with Gasteiger partial charge in [-0.25, -0.2) is 8.78 Å². The third-order valence-corrected chi connectivity index (χ3v) is 6.11. The molecule has 0 saturated carbocycles. The molecule has 2 unspecified atom stereocenters. The lowest BCUT2D eigenvalue weighted by atomic mass is 9.84. The normalized spacial score (nSPS) is 19.0. The van der Waals surface area contributed by atoms with Gasteiger partial charge in [-0.15, -0.1) is 0 Å². The van der Waals surface area contributed by atoms with E-state index in [1.165, 1.54) is 11.6 Å². The van der Waals surface area contributed by atoms with Crippen molar-refractivity contribution in [3.05, 3.63) is 107 Å². The molecule has 1 aliphatic heterocycles. The molecule has 4 rings (SSSR count). The number of piperidine rings is 1. The van der Waals surface area contributed by atoms with Crippen LogP contribution in [0.3, 0.4) is 0 Å². The molecule has 32 heavy (non-hydrogen) atoms. The Morgan fingerprint density at radius 1 is 0.938 bits per heavy atom. The first-order chi connectivity index (χ1) is 15.5. The van der Waals surface area contributed by atoms with Crippen molar-refractivity contribution in [3.63, 3.8) is 0 Å². The van der Waals surface area contributed by atoms with Gasteiger partial charge in [0.15, 0.2) is 11.6 Å². The summed E-state index contributed by atoms with van der Waals surface area (Å²) in [5.74, 6) is -1.63. The van der Waals surface area contributed by atoms with E-state index in [2.05, 4.69) is 28.4 Å². The molecule has 0 radical (unpaired) electrons. The summed E-state index contributed by atoms with van der Waals surface area (Å²) in [5.41, 5.74) is 4.14. The van der Waals surface area contributed by atoms with Gasteiger partial charge in [-0.05, 0) is 48.1 Å². The molecule has 0 aliphatic carbocycles. The minimum absolute atomic E-state index is 0.0300. The number of nitrogens with one attached hydrogen (secondary N) is 1. The fourth-order valence-electron chi connectivity index (χ4n) is 4.53. The number of carbonyl (C=O) groups is 1. The molecule has 1 aliphatic rings. The zero-order valence-corrected chi connectivity index (χ0v) is 18.2. The Labute approximate surface area is 188 Å². The second-order valence-corrected chi connectivity index (χ2v) is 8.69. The Hall–Kier alpha value is -3.05. The van der Waals surface area contributed by atoms with Crippen molar-refractivity contribution in [1.82, 2.24) is 10.2 Å². The first kappa shape index (κ1) is 22.2. The summed E-state index contributed by atoms with van der Waals surface area (Å²) in [6.45, 7) is 4.36. The summed E-state index contributed by atoms with van der Waals surface area (Å²) in [4.78, 5) is 15.3. The highest BCUT2D eigenvalue weighted by molar-refractivity contribution is 5.79. The molecule has 0 spiro atoms. The van der Waals surface area contributed by atoms with Crippen molar-refractivity contribution < 1.29 is 13.6 Å². The average molecular weight is 435 g/mol. The van der Waals surface area contributed by atoms with E-state index in [1.54, 1.807) is 6.07 Å². The number of aryl methyl sites for hydroxylation is 1. The number of rotatable bonds is 6. The molecule has 1 heterocycles. The Balaban J connectivity index is 1.48. The summed E-state index contributed by atoms with van der Waals surface area (Å²) in [6, 6.07) is 22.3. The first-order valence-corrected chi connectivity index (χ1v) is 11.0. The molecule has 5 heteroatoms. The lowest BCUT2D eigenvalue weighted by molar-refractivity contribution is -0.127. The number of halogens is 2. The van der Waals surface area contributed by atoms with E-state index in [0.29, 0.717) is 25.2 Å². The largest absolute Gasteiger partial charge is 0.352 e. The van der Waals surface area contributed by atoms with Gasteiger partial charge in [-0.3, -0.25) is 9.69 Å². The molecular formula is C27H28F2N2O. The van der Waals surface area contributed by atoms with Crippen LogP contribution in [0.25, 0.3) is 0 Å². The van der Waals surface area contributed by atoms with E-state index in [9.17, 15) is 13.6 Å². The van der Waals surface area contributed by atoms with Crippen LogP contribution in [0.1, 0.15) is 34.6 Å². The first-order valence-electron chi connectivity index (χ1n) is 11.0. The molecule has 0 aromatic heterocycles. The lowest BCUT2D eigenvalue weighted by Crippen LogP contribution is -2.45. The standard InChI is InChI=1S/C27H28F2N2O/c1-19-6-5-7-20(12-19)15-30-27(32)24-14-23(22-8-3-2-4-9-22)17-31(18-24)16-21-10-11-25(28)26(29)13-21/h2-13,23-24H,14-18H2,1H3,(H,30,32). The Bertz CT molecular complexity index is 1070. The monoisotopic (exact) mass is 434 g/mol. The van der Waals surface area contributed by atoms with E-state index >= 15 is 0 Å². The quantitative estimate of drug-likeness (QED) is 0.579. The van der Waals surface area contributed by atoms with E-state index in [4.69, 9.17) is 0 Å². The third-order valence-electron chi connectivity index (χ3n) is 6.11. The molecular weight excluding hydrogens is 406 g/mol. The highest BCUT2D eigenvalue weighted by atomic mass is 19.2. The minimum atomic E-state index is -0.844. The number of hydrogen-bond donors (Lipinski definition) is 1. The van der Waals surface area contributed by atoms with Gasteiger partial charge < -0.3 is 5.32 Å². The maximum Gasteiger partial charge on any atom is 0.224 e. The second-order valence-electron chi connectivity index (χ2n) is 8.69. The highest BCUT2D eigenvalue weighted by Gasteiger charge is 2.32. The zero-order chi connectivity index (χ0) is 22.5. The number of benzene rings is 3. The van der Waals surface area contributed by atoms with Crippen LogP contribution >= 0.6 is 0 Å². The molecule has 3 aromatic carbocycles. The van der Waals surface area contributed by atoms with Gasteiger partial charge in [0.05, 0.1) is 5.92 Å². The Morgan fingerprint density at radius 3 is 2.50 bits per heavy atom. The molecule has 1 amide bonds. The van der Waals surface area contributed by atoms with Crippen molar-refractivity contribution in [3.8, 4) is 0 Å². The van der Waals surface area contributed by atoms with Crippen molar-refractivity contribution in [2.75, 3.05) is 13.1 Å². The number of amides is 1. The molecule has 1 fully saturated rings. The highest BCUT2D eigenvalue weighted by Crippen LogP contribution is 2.31. The van der Waals surface area contributed by atoms with Crippen molar-refractivity contribution in [2.24, 2.45) is 5.92 Å². The predicted octanol–water partition coefficient (Wildman–Crippen LogP) is 5.20. The van der Waals surface area contributed by atoms with Crippen LogP contribution in [0, 0.1) is 24.5 Å². The molecule has 0 bridgehead atoms. The van der Waals surface area contributed by atoms with Gasteiger partial charge >= 0.3 is 0 Å². The maximum absolute atomic E-state index is 13.7. The van der Waals surface area contributed by atoms with Crippen LogP contribution in [0.4, 0.5) is 8.78 Å². The topological polar surface area (TPSA) is 32.3 Å². The summed E-state index contributed by atoms with van der Waals surface area (Å²) in [5, 5.41) is 3.09. The van der Waals surface area contributed by atoms with Gasteiger partial charge in [0.2, 0.25) is 5.91 Å². The number of likely N-dealkylation sites (tertiary alicyclic amines) is 1. The predicted molar refractivity (Wildman–Crippen MR) is 122 cm³/mol. The van der Waals surface area contributed by atoms with Crippen molar-refractivity contribution in [1.29, 1.82) is 0 Å². The number of nitrogens with zero attached hydrogens (tertiary/aromatic N) is 1. The van der Waals surface area contributed by atoms with E-state index in [1.807, 2.05) is 43.3 Å². The molecule has 1 N–H and O–H groups in total. The van der Waals surface area contributed by atoms with E-state index in [-0.39, 0.29) is 17.7 Å². The van der Waals surface area contributed by atoms with E-state index in [0.717, 1.165) is 30.2 Å². The van der Waals surface area contributed by atoms with Crippen molar-refractivity contribution >= 4 is 5.91 Å². The van der Waals surface area contributed by atoms with Crippen LogP contribution in [0.15, 0.2) is 72.8 Å². The van der Waals surface area contributed by atoms with Gasteiger partial charge in [0.1, 0.15) is 0 Å². The molecule has 1 saturated heterocycles. The summed E-state index contributed by atoms with van der Waals surface area (Å²) in [7, 11) is 0. The van der Waals surface area contributed by atoms with Crippen LogP contribution in [-0.4, -0.2) is 23.9 Å². The third kappa shape index (κ3) is 5.60. The van der Waals surface area contributed by atoms with Gasteiger partial charge in [-0.2, -0.15) is 0 Å². The van der Waals surface area contributed by atoms with Crippen LogP contribution in [0.5, 0.6) is 0 Å². The average Bonchev–Trinajstić information content (AvgIpc) is 2.80. The van der Waals surface area contributed by atoms with Crippen molar-refractivity contribution in [2.45, 2.75) is 32.4 Å². The maximum atomic E-state index is 13.7. The second kappa shape index (κ2) is 10.0. The lowest BCUT2D eigenvalue weighted by Gasteiger charge is -2.37. The molecule has 3 aromatic rings. The van der Waals surface area contributed by atoms with Gasteiger partial charge in [0.25, 0.3) is 0 Å². The summed E-state index contributed by atoms with van der Waals surface area (Å²) in [6.07, 6.45) is 0.762. The van der Waals surface area contributed by atoms with Crippen LogP contribution in [0.2, 0.25) is 0 Å². The SMILES string of the molecule is Cc1cccc(CNC(=O)C2CC(c3ccccc3)CN(Cc3ccc(F)c(F)c3)C2)c1. The molecule has 166 valence electrons. The fourth-order valence-corrected chi connectivity index (χ4v) is 4.53. The Morgan fingerprint density at radius 2 is 1.75 bits per heavy atom. The smallest absolute Gasteiger partial charge is 0.224 e. The minimum Gasteiger partial charge on any atom is -0.352 e.